The first kappa shape index (κ1) is 68.5. The summed E-state index contributed by atoms with van der Waals surface area (Å²) >= 11 is 14.7. The van der Waals surface area contributed by atoms with E-state index in [0.29, 0.717) is 0 Å². The van der Waals surface area contributed by atoms with Crippen LogP contribution >= 0.6 is 46.7 Å². The number of nitrogens with zero attached hydrogens (tertiary/aromatic N) is 4. The van der Waals surface area contributed by atoms with Crippen LogP contribution in [-0.2, 0) is 19.2 Å². The molecule has 4 fully saturated rings. The van der Waals surface area contributed by atoms with Gasteiger partial charge in [-0.05, 0) is 65.8 Å². The molecule has 0 saturated carbocycles. The number of fused-ring (bicyclic) bond motifs is 2. The number of hydrogen-bond donors (Lipinski definition) is 2. The predicted molar refractivity (Wildman–Crippen MR) is 243 cm³/mol. The minimum Gasteiger partial charge on any atom is -0.548 e. The van der Waals surface area contributed by atoms with Crippen molar-refractivity contribution < 1.29 is 101 Å². The molecule has 4 aliphatic rings. The molecule has 0 aliphatic carbocycles. The first-order valence-corrected chi connectivity index (χ1v) is 20.4. The van der Waals surface area contributed by atoms with Crippen molar-refractivity contribution in [2.75, 3.05) is 0 Å². The zero-order valence-corrected chi connectivity index (χ0v) is 41.4. The van der Waals surface area contributed by atoms with Gasteiger partial charge in [-0.25, -0.2) is 8.78 Å². The van der Waals surface area contributed by atoms with Crippen LogP contribution in [0, 0.1) is 25.5 Å². The van der Waals surface area contributed by atoms with E-state index in [-0.39, 0.29) is 122 Å². The summed E-state index contributed by atoms with van der Waals surface area (Å²) in [6.07, 6.45) is 0. The van der Waals surface area contributed by atoms with E-state index < -0.39 is 91.6 Å². The fourth-order valence-corrected chi connectivity index (χ4v) is 11.5. The molecule has 0 unspecified atom stereocenters. The predicted octanol–water partition coefficient (Wildman–Crippen LogP) is -4.27. The second-order valence-corrected chi connectivity index (χ2v) is 19.5. The molecule has 24 nitrogen and oxygen atoms in total. The number of amides is 4. The molecule has 4 saturated heterocycles. The Bertz CT molecular complexity index is 2330. The largest absolute Gasteiger partial charge is 2.00 e. The number of hydrogen-bond acceptors (Lipinski definition) is 14. The van der Waals surface area contributed by atoms with Gasteiger partial charge in [0.05, 0.1) is 45.2 Å². The number of β-lactam (4-membered cyclic amide) rings is 2. The number of carboxylic acid groups (broad SMARTS) is 2. The van der Waals surface area contributed by atoms with Gasteiger partial charge in [-0.1, -0.05) is 45.6 Å². The summed E-state index contributed by atoms with van der Waals surface area (Å²) in [5.74, 6) is -6.26. The van der Waals surface area contributed by atoms with Crippen molar-refractivity contribution in [1.82, 2.24) is 30.7 Å². The monoisotopic (exact) mass is 1070 g/mol. The molecule has 6 atom stereocenters. The van der Waals surface area contributed by atoms with Crippen LogP contribution in [0.25, 0.3) is 22.5 Å². The van der Waals surface area contributed by atoms with Crippen LogP contribution in [0.15, 0.2) is 45.4 Å². The number of carboxylic acids is 2. The van der Waals surface area contributed by atoms with E-state index >= 15 is 0 Å². The van der Waals surface area contributed by atoms with Crippen molar-refractivity contribution in [3.63, 3.8) is 0 Å². The second-order valence-electron chi connectivity index (χ2n) is 15.2. The third kappa shape index (κ3) is 11.6. The molecule has 8 rings (SSSR count). The normalized spacial score (nSPS) is 21.2. The smallest absolute Gasteiger partial charge is 0.548 e. The molecule has 4 amide bonds. The number of aliphatic carboxylic acids is 2. The quantitative estimate of drug-likeness (QED) is 0.125. The van der Waals surface area contributed by atoms with E-state index in [1.807, 2.05) is 0 Å². The molecule has 2 aromatic carbocycles. The first-order valence-electron chi connectivity index (χ1n) is 17.9. The Kier molecular flexibility index (Phi) is 24.7. The Balaban J connectivity index is -0.00000112. The SMILES string of the molecule is Cc1onc(-c2c(F)cccc2Cl)c1C(=O)N[C@@H]1C(=O)N2[C@@H]1SC(C)(C)[C@@H]2C(=O)[O-].Cc1onc(-c2c(F)cccc2Cl)c1C(=O)N[C@@H]1C(=O)N2[C@@H]1SC(C)(C)[C@@H]2C(=O)[O-].O.O.O.O.O.O.O.O.[Mg+2]. The maximum atomic E-state index is 14.3. The molecule has 4 aliphatic heterocycles. The van der Waals surface area contributed by atoms with E-state index in [1.54, 1.807) is 27.7 Å². The molecule has 2 aromatic heterocycles. The van der Waals surface area contributed by atoms with E-state index in [2.05, 4.69) is 20.9 Å². The maximum Gasteiger partial charge on any atom is 2.00 e. The summed E-state index contributed by atoms with van der Waals surface area (Å²) in [7, 11) is 0. The number of aromatic nitrogens is 2. The van der Waals surface area contributed by atoms with E-state index in [9.17, 15) is 47.8 Å². The van der Waals surface area contributed by atoms with Gasteiger partial charge >= 0.3 is 23.1 Å². The van der Waals surface area contributed by atoms with Gasteiger partial charge in [0.1, 0.15) is 68.5 Å². The molecular formula is C38H48Cl2F2MgN6O18S2. The summed E-state index contributed by atoms with van der Waals surface area (Å²) < 4.78 is 37.3. The fraction of sp³-hybridized carbons (Fsp3) is 0.368. The number of nitrogens with one attached hydrogen (secondary N) is 2. The van der Waals surface area contributed by atoms with Crippen LogP contribution in [-0.4, -0.2) is 167 Å². The minimum absolute atomic E-state index is 0. The van der Waals surface area contributed by atoms with Gasteiger partial charge in [0.2, 0.25) is 11.8 Å². The summed E-state index contributed by atoms with van der Waals surface area (Å²) in [5, 5.41) is 34.7. The fourth-order valence-electron chi connectivity index (χ4n) is 7.75. The number of halogens is 4. The standard InChI is InChI=1S/2C19H17ClFN3O5S.Mg.8H2O/c2*1-7-10(12(23-29-7)11-8(20)5-4-6-9(11)21)15(25)22-13-16(26)24-14(18(27)28)19(2,3)30-17(13)24;;;;;;;;;/h2*4-6,13-14,17H,1-3H3,(H,22,25)(H,27,28);;8*1H2/q;;+2;;;;;;;;/p-2/t2*13-,14+,17-;;;;;;;;;/m11........./s1. The van der Waals surface area contributed by atoms with Gasteiger partial charge in [-0.3, -0.25) is 19.2 Å². The summed E-state index contributed by atoms with van der Waals surface area (Å²) in [4.78, 5) is 76.5. The van der Waals surface area contributed by atoms with E-state index in [4.69, 9.17) is 32.2 Å². The summed E-state index contributed by atoms with van der Waals surface area (Å²) in [6.45, 7) is 9.76. The van der Waals surface area contributed by atoms with Crippen LogP contribution in [0.4, 0.5) is 8.78 Å². The van der Waals surface area contributed by atoms with E-state index in [0.717, 1.165) is 0 Å². The molecule has 4 aromatic rings. The number of rotatable bonds is 8. The van der Waals surface area contributed by atoms with Crippen LogP contribution in [0.1, 0.15) is 59.9 Å². The van der Waals surface area contributed by atoms with Crippen LogP contribution in [0.5, 0.6) is 0 Å². The van der Waals surface area contributed by atoms with Crippen LogP contribution in [0.3, 0.4) is 0 Å². The maximum absolute atomic E-state index is 14.3. The average Bonchev–Trinajstić information content (AvgIpc) is 3.87. The van der Waals surface area contributed by atoms with Crippen molar-refractivity contribution in [2.24, 2.45) is 0 Å². The Morgan fingerprint density at radius 2 is 0.942 bits per heavy atom. The molecule has 31 heteroatoms. The number of carbonyl (C=O) groups excluding carboxylic acids is 6. The third-order valence-corrected chi connectivity index (χ3v) is 14.3. The first-order chi connectivity index (χ1) is 28.1. The van der Waals surface area contributed by atoms with Crippen molar-refractivity contribution in [3.05, 3.63) is 80.7 Å². The Morgan fingerprint density at radius 1 is 0.638 bits per heavy atom. The van der Waals surface area contributed by atoms with Crippen LogP contribution in [0.2, 0.25) is 10.0 Å². The molecular weight excluding hydrogens is 1030 g/mol. The third-order valence-electron chi connectivity index (χ3n) is 10.5. The van der Waals surface area contributed by atoms with Crippen molar-refractivity contribution in [3.8, 4) is 22.5 Å². The molecule has 0 bridgehead atoms. The number of thioether (sulfide) groups is 2. The van der Waals surface area contributed by atoms with Crippen LogP contribution < -0.4 is 20.8 Å². The van der Waals surface area contributed by atoms with Gasteiger partial charge in [0.15, 0.2) is 0 Å². The number of benzene rings is 2. The second kappa shape index (κ2) is 24.9. The molecule has 380 valence electrons. The van der Waals surface area contributed by atoms with Crippen molar-refractivity contribution in [2.45, 2.75) is 86.0 Å². The average molecular weight is 1070 g/mol. The van der Waals surface area contributed by atoms with Gasteiger partial charge in [-0.15, -0.1) is 23.5 Å². The molecule has 6 heterocycles. The van der Waals surface area contributed by atoms with Gasteiger partial charge in [0.25, 0.3) is 11.8 Å². The zero-order valence-electron chi connectivity index (χ0n) is 36.8. The number of carbonyl (C=O) groups is 6. The van der Waals surface area contributed by atoms with Gasteiger partial charge in [-0.2, -0.15) is 0 Å². The molecule has 0 radical (unpaired) electrons. The zero-order chi connectivity index (χ0) is 43.9. The molecule has 69 heavy (non-hydrogen) atoms. The summed E-state index contributed by atoms with van der Waals surface area (Å²) in [5.41, 5.74) is -0.432. The van der Waals surface area contributed by atoms with Gasteiger partial charge in [0, 0.05) is 9.49 Å². The van der Waals surface area contributed by atoms with Crippen molar-refractivity contribution in [1.29, 1.82) is 0 Å². The number of aryl methyl sites for hydroxylation is 2. The van der Waals surface area contributed by atoms with E-state index in [1.165, 1.54) is 83.6 Å². The summed E-state index contributed by atoms with van der Waals surface area (Å²) in [6, 6.07) is 4.03. The topological polar surface area (TPSA) is 483 Å². The molecule has 18 N–H and O–H groups in total. The van der Waals surface area contributed by atoms with Gasteiger partial charge < -0.3 is 93.1 Å². The molecule has 0 spiro atoms. The Hall–Kier alpha value is -4.73. The Labute approximate surface area is 423 Å². The van der Waals surface area contributed by atoms with Crippen molar-refractivity contribution >= 4 is 105 Å². The minimum atomic E-state index is -1.35. The Morgan fingerprint density at radius 3 is 1.22 bits per heavy atom.